The monoisotopic (exact) mass is 201 g/mol. The summed E-state index contributed by atoms with van der Waals surface area (Å²) in [4.78, 5) is 0. The third kappa shape index (κ3) is 5.21. The third-order valence-electron chi connectivity index (χ3n) is 1.72. The van der Waals surface area contributed by atoms with Gasteiger partial charge in [0.2, 0.25) is 0 Å². The highest BCUT2D eigenvalue weighted by Crippen LogP contribution is 2.30. The molecule has 0 atom stereocenters. The Kier molecular flexibility index (Phi) is 11.9. The van der Waals surface area contributed by atoms with Crippen molar-refractivity contribution in [2.45, 2.75) is 34.1 Å². The van der Waals surface area contributed by atoms with Crippen molar-refractivity contribution in [3.05, 3.63) is 0 Å². The fourth-order valence-corrected chi connectivity index (χ4v) is 1.10. The van der Waals surface area contributed by atoms with Crippen LogP contribution in [0.25, 0.3) is 0 Å². The summed E-state index contributed by atoms with van der Waals surface area (Å²) in [6.07, 6.45) is 0.542. The van der Waals surface area contributed by atoms with Gasteiger partial charge in [0.25, 0.3) is 0 Å². The van der Waals surface area contributed by atoms with E-state index in [1.54, 1.807) is 7.11 Å². The van der Waals surface area contributed by atoms with Gasteiger partial charge >= 0.3 is 0 Å². The summed E-state index contributed by atoms with van der Waals surface area (Å²) in [6.45, 7) is 9.99. The maximum atomic E-state index is 8.43. The van der Waals surface area contributed by atoms with Crippen molar-refractivity contribution in [3.8, 4) is 6.07 Å². The lowest BCUT2D eigenvalue weighted by Crippen LogP contribution is -2.45. The first-order valence-corrected chi connectivity index (χ1v) is 5.27. The molecule has 1 heterocycles. The quantitative estimate of drug-likeness (QED) is 0.705. The van der Waals surface area contributed by atoms with Gasteiger partial charge in [-0.3, -0.25) is 0 Å². The highest BCUT2D eigenvalue weighted by atomic mass is 16.5. The van der Waals surface area contributed by atoms with E-state index in [2.05, 4.69) is 6.07 Å². The van der Waals surface area contributed by atoms with Gasteiger partial charge in [-0.25, -0.2) is 0 Å². The lowest BCUT2D eigenvalue weighted by Gasteiger charge is -2.38. The summed E-state index contributed by atoms with van der Waals surface area (Å²) in [5, 5.41) is 8.43. The summed E-state index contributed by atoms with van der Waals surface area (Å²) in [6, 6.07) is 2.14. The summed E-state index contributed by atoms with van der Waals surface area (Å²) in [5.74, 6) is 0. The predicted octanol–water partition coefficient (Wildman–Crippen LogP) is 2.62. The van der Waals surface area contributed by atoms with Crippen molar-refractivity contribution in [1.29, 1.82) is 5.26 Å². The van der Waals surface area contributed by atoms with Crippen LogP contribution in [0, 0.1) is 16.7 Å². The van der Waals surface area contributed by atoms with Gasteiger partial charge in [0, 0.05) is 13.5 Å². The van der Waals surface area contributed by atoms with E-state index in [4.69, 9.17) is 14.7 Å². The van der Waals surface area contributed by atoms with Crippen molar-refractivity contribution in [3.63, 3.8) is 0 Å². The average Bonchev–Trinajstić information content (AvgIpc) is 2.21. The maximum absolute atomic E-state index is 8.43. The van der Waals surface area contributed by atoms with E-state index in [-0.39, 0.29) is 5.41 Å². The molecule has 3 nitrogen and oxygen atoms in total. The lowest BCUT2D eigenvalue weighted by atomic mass is 9.84. The molecule has 1 aliphatic rings. The first-order valence-electron chi connectivity index (χ1n) is 5.27. The molecule has 0 unspecified atom stereocenters. The lowest BCUT2D eigenvalue weighted by molar-refractivity contribution is -0.139. The highest BCUT2D eigenvalue weighted by Gasteiger charge is 2.38. The molecule has 3 heteroatoms. The molecule has 1 rings (SSSR count). The Morgan fingerprint density at radius 2 is 1.79 bits per heavy atom. The molecular weight excluding hydrogens is 178 g/mol. The van der Waals surface area contributed by atoms with E-state index < -0.39 is 0 Å². The topological polar surface area (TPSA) is 42.2 Å². The number of nitriles is 1. The van der Waals surface area contributed by atoms with Crippen molar-refractivity contribution < 1.29 is 9.47 Å². The number of hydrogen-bond acceptors (Lipinski definition) is 3. The molecule has 0 aromatic heterocycles. The molecule has 0 N–H and O–H groups in total. The fraction of sp³-hybridized carbons (Fsp3) is 0.909. The largest absolute Gasteiger partial charge is 0.384 e. The number of rotatable bonds is 3. The van der Waals surface area contributed by atoms with Gasteiger partial charge in [-0.1, -0.05) is 27.7 Å². The molecule has 0 amide bonds. The van der Waals surface area contributed by atoms with Gasteiger partial charge in [0.1, 0.15) is 0 Å². The Hall–Kier alpha value is -0.590. The van der Waals surface area contributed by atoms with Crippen LogP contribution in [0.5, 0.6) is 0 Å². The van der Waals surface area contributed by atoms with Crippen molar-refractivity contribution in [1.82, 2.24) is 0 Å². The van der Waals surface area contributed by atoms with Gasteiger partial charge in [-0.2, -0.15) is 5.26 Å². The zero-order valence-corrected chi connectivity index (χ0v) is 10.1. The second kappa shape index (κ2) is 10.5. The molecule has 0 radical (unpaired) electrons. The Bertz CT molecular complexity index is 148. The van der Waals surface area contributed by atoms with Crippen LogP contribution >= 0.6 is 0 Å². The third-order valence-corrected chi connectivity index (χ3v) is 1.72. The van der Waals surface area contributed by atoms with Crippen LogP contribution in [-0.4, -0.2) is 26.9 Å². The second-order valence-corrected chi connectivity index (χ2v) is 2.76. The Balaban J connectivity index is 0. The number of hydrogen-bond donors (Lipinski definition) is 0. The normalized spacial score (nSPS) is 16.0. The molecule has 0 aromatic carbocycles. The van der Waals surface area contributed by atoms with Crippen LogP contribution in [0.3, 0.4) is 0 Å². The molecule has 0 saturated carbocycles. The first kappa shape index (κ1) is 15.9. The minimum Gasteiger partial charge on any atom is -0.384 e. The zero-order chi connectivity index (χ0) is 11.4. The Morgan fingerprint density at radius 3 is 2.00 bits per heavy atom. The number of ether oxygens (including phenoxy) is 2. The Morgan fingerprint density at radius 1 is 1.29 bits per heavy atom. The molecule has 0 aromatic rings. The van der Waals surface area contributed by atoms with E-state index in [9.17, 15) is 0 Å². The highest BCUT2D eigenvalue weighted by molar-refractivity contribution is 4.93. The SMILES string of the molecule is CC.CC.COCC1(CC#N)COC1. The van der Waals surface area contributed by atoms with Gasteiger partial charge in [0.05, 0.1) is 31.3 Å². The predicted molar refractivity (Wildman–Crippen MR) is 58.1 cm³/mol. The van der Waals surface area contributed by atoms with Crippen LogP contribution < -0.4 is 0 Å². The van der Waals surface area contributed by atoms with Gasteiger partial charge in [0.15, 0.2) is 0 Å². The summed E-state index contributed by atoms with van der Waals surface area (Å²) >= 11 is 0. The number of methoxy groups -OCH3 is 1. The summed E-state index contributed by atoms with van der Waals surface area (Å²) < 4.78 is 9.98. The van der Waals surface area contributed by atoms with Gasteiger partial charge in [-0.15, -0.1) is 0 Å². The first-order chi connectivity index (χ1) is 6.83. The van der Waals surface area contributed by atoms with E-state index in [1.807, 2.05) is 27.7 Å². The molecule has 84 valence electrons. The van der Waals surface area contributed by atoms with E-state index in [1.165, 1.54) is 0 Å². The molecule has 1 aliphatic heterocycles. The van der Waals surface area contributed by atoms with Crippen molar-refractivity contribution in [2.75, 3.05) is 26.9 Å². The van der Waals surface area contributed by atoms with E-state index >= 15 is 0 Å². The van der Waals surface area contributed by atoms with Crippen LogP contribution in [-0.2, 0) is 9.47 Å². The second-order valence-electron chi connectivity index (χ2n) is 2.76. The minimum atomic E-state index is 0.0174. The number of nitrogens with zero attached hydrogens (tertiary/aromatic N) is 1. The van der Waals surface area contributed by atoms with Gasteiger partial charge in [-0.05, 0) is 0 Å². The minimum absolute atomic E-state index is 0.0174. The summed E-state index contributed by atoms with van der Waals surface area (Å²) in [5.41, 5.74) is 0.0174. The average molecular weight is 201 g/mol. The molecule has 1 saturated heterocycles. The van der Waals surface area contributed by atoms with E-state index in [0.717, 1.165) is 0 Å². The maximum Gasteiger partial charge on any atom is 0.0630 e. The molecule has 0 aliphatic carbocycles. The van der Waals surface area contributed by atoms with Crippen LogP contribution in [0.1, 0.15) is 34.1 Å². The smallest absolute Gasteiger partial charge is 0.0630 e. The van der Waals surface area contributed by atoms with Crippen molar-refractivity contribution >= 4 is 0 Å². The fourth-order valence-electron chi connectivity index (χ4n) is 1.10. The van der Waals surface area contributed by atoms with Gasteiger partial charge < -0.3 is 9.47 Å². The molecule has 1 fully saturated rings. The van der Waals surface area contributed by atoms with E-state index in [0.29, 0.717) is 26.2 Å². The van der Waals surface area contributed by atoms with Crippen LogP contribution in [0.15, 0.2) is 0 Å². The summed E-state index contributed by atoms with van der Waals surface area (Å²) in [7, 11) is 1.65. The Labute approximate surface area is 88.0 Å². The molecular formula is C11H23NO2. The van der Waals surface area contributed by atoms with Crippen LogP contribution in [0.2, 0.25) is 0 Å². The molecule has 0 spiro atoms. The van der Waals surface area contributed by atoms with Crippen LogP contribution in [0.4, 0.5) is 0 Å². The van der Waals surface area contributed by atoms with Crippen molar-refractivity contribution in [2.24, 2.45) is 5.41 Å². The molecule has 14 heavy (non-hydrogen) atoms. The standard InChI is InChI=1S/C7H11NO2.2C2H6/c1-9-4-7(2-3-8)5-10-6-7;2*1-2/h2,4-6H2,1H3;2*1-2H3. The molecule has 0 bridgehead atoms. The zero-order valence-electron chi connectivity index (χ0n) is 10.1.